The van der Waals surface area contributed by atoms with Gasteiger partial charge >= 0.3 is 11.8 Å². The molecule has 3 rings (SSSR count). The van der Waals surface area contributed by atoms with Crippen molar-refractivity contribution in [2.75, 3.05) is 13.1 Å². The van der Waals surface area contributed by atoms with Crippen molar-refractivity contribution < 1.29 is 9.53 Å². The Labute approximate surface area is 135 Å². The highest BCUT2D eigenvalue weighted by Gasteiger charge is 2.29. The third kappa shape index (κ3) is 3.25. The summed E-state index contributed by atoms with van der Waals surface area (Å²) in [5.74, 6) is 0. The molecule has 0 radical (unpaired) electrons. The molecule has 2 aromatic rings. The Morgan fingerprint density at radius 3 is 2.78 bits per heavy atom. The lowest BCUT2D eigenvalue weighted by Gasteiger charge is -2.34. The second-order valence-electron chi connectivity index (χ2n) is 7.04. The average Bonchev–Trinajstić information content (AvgIpc) is 2.81. The van der Waals surface area contributed by atoms with Gasteiger partial charge in [0.2, 0.25) is 0 Å². The number of nitrogens with one attached hydrogen (secondary N) is 1. The number of fused-ring (bicyclic) bond motifs is 1. The predicted octanol–water partition coefficient (Wildman–Crippen LogP) is 2.90. The van der Waals surface area contributed by atoms with Gasteiger partial charge in [-0.05, 0) is 45.7 Å². The molecular formula is C17H23N3O3. The second-order valence-corrected chi connectivity index (χ2v) is 7.04. The van der Waals surface area contributed by atoms with E-state index in [-0.39, 0.29) is 17.8 Å². The van der Waals surface area contributed by atoms with Gasteiger partial charge in [0.15, 0.2) is 0 Å². The summed E-state index contributed by atoms with van der Waals surface area (Å²) in [5.41, 5.74) is 1.07. The van der Waals surface area contributed by atoms with Gasteiger partial charge in [-0.15, -0.1) is 0 Å². The van der Waals surface area contributed by atoms with E-state index < -0.39 is 5.60 Å². The molecule has 1 amide bonds. The van der Waals surface area contributed by atoms with E-state index in [2.05, 4.69) is 4.98 Å². The summed E-state index contributed by atoms with van der Waals surface area (Å²) in [7, 11) is 0. The molecule has 0 aliphatic carbocycles. The molecule has 0 spiro atoms. The summed E-state index contributed by atoms with van der Waals surface area (Å²) in [6.45, 7) is 6.74. The van der Waals surface area contributed by atoms with Crippen LogP contribution in [0.15, 0.2) is 29.1 Å². The number of aromatic amines is 1. The molecule has 1 atom stereocenters. The molecule has 1 aliphatic heterocycles. The van der Waals surface area contributed by atoms with Crippen molar-refractivity contribution in [2.45, 2.75) is 45.3 Å². The topological polar surface area (TPSA) is 67.3 Å². The van der Waals surface area contributed by atoms with Gasteiger partial charge < -0.3 is 14.6 Å². The van der Waals surface area contributed by atoms with Crippen LogP contribution in [-0.4, -0.2) is 39.2 Å². The lowest BCUT2D eigenvalue weighted by atomic mass is 10.1. The summed E-state index contributed by atoms with van der Waals surface area (Å²) in [6, 6.07) is 7.61. The normalized spacial score (nSPS) is 19.1. The highest BCUT2D eigenvalue weighted by atomic mass is 16.6. The number of likely N-dealkylation sites (tertiary alicyclic amines) is 1. The molecule has 6 nitrogen and oxygen atoms in total. The van der Waals surface area contributed by atoms with Gasteiger partial charge in [0.25, 0.3) is 0 Å². The van der Waals surface area contributed by atoms with Crippen LogP contribution >= 0.6 is 0 Å². The maximum absolute atomic E-state index is 12.3. The quantitative estimate of drug-likeness (QED) is 0.879. The molecule has 1 unspecified atom stereocenters. The number of piperidine rings is 1. The molecule has 1 N–H and O–H groups in total. The van der Waals surface area contributed by atoms with Crippen molar-refractivity contribution >= 4 is 17.1 Å². The van der Waals surface area contributed by atoms with Crippen LogP contribution in [0.25, 0.3) is 11.0 Å². The summed E-state index contributed by atoms with van der Waals surface area (Å²) < 4.78 is 7.22. The minimum Gasteiger partial charge on any atom is -0.444 e. The van der Waals surface area contributed by atoms with Crippen molar-refractivity contribution in [1.29, 1.82) is 0 Å². The molecule has 1 aromatic heterocycles. The van der Waals surface area contributed by atoms with Crippen LogP contribution in [0, 0.1) is 0 Å². The van der Waals surface area contributed by atoms with Gasteiger partial charge in [-0.1, -0.05) is 12.1 Å². The molecule has 2 heterocycles. The Hall–Kier alpha value is -2.24. The molecule has 0 saturated carbocycles. The van der Waals surface area contributed by atoms with E-state index in [1.807, 2.05) is 45.0 Å². The number of benzene rings is 1. The zero-order valence-corrected chi connectivity index (χ0v) is 13.8. The van der Waals surface area contributed by atoms with Crippen LogP contribution in [0.4, 0.5) is 4.79 Å². The van der Waals surface area contributed by atoms with Crippen molar-refractivity contribution in [1.82, 2.24) is 14.5 Å². The Balaban J connectivity index is 1.85. The summed E-state index contributed by atoms with van der Waals surface area (Å²) in [5, 5.41) is 0. The van der Waals surface area contributed by atoms with Crippen LogP contribution in [0.2, 0.25) is 0 Å². The number of hydrogen-bond acceptors (Lipinski definition) is 3. The number of nitrogens with zero attached hydrogens (tertiary/aromatic N) is 2. The highest BCUT2D eigenvalue weighted by molar-refractivity contribution is 5.75. The van der Waals surface area contributed by atoms with E-state index in [9.17, 15) is 9.59 Å². The van der Waals surface area contributed by atoms with Gasteiger partial charge in [0, 0.05) is 13.1 Å². The molecular weight excluding hydrogens is 294 g/mol. The number of H-pyrrole nitrogens is 1. The largest absolute Gasteiger partial charge is 0.444 e. The van der Waals surface area contributed by atoms with Gasteiger partial charge in [-0.25, -0.2) is 9.59 Å². The van der Waals surface area contributed by atoms with Crippen LogP contribution in [0.1, 0.15) is 39.7 Å². The summed E-state index contributed by atoms with van der Waals surface area (Å²) in [4.78, 5) is 29.2. The predicted molar refractivity (Wildman–Crippen MR) is 88.6 cm³/mol. The minimum atomic E-state index is -0.512. The van der Waals surface area contributed by atoms with Crippen LogP contribution < -0.4 is 5.69 Å². The Morgan fingerprint density at radius 2 is 2.04 bits per heavy atom. The van der Waals surface area contributed by atoms with E-state index in [1.54, 1.807) is 9.47 Å². The summed E-state index contributed by atoms with van der Waals surface area (Å²) in [6.07, 6.45) is 1.42. The standard InChI is InChI=1S/C17H23N3O3/c1-17(2,3)23-16(22)19-10-6-7-12(11-19)20-14-9-5-4-8-13(14)18-15(20)21/h4-5,8-9,12H,6-7,10-11H2,1-3H3,(H,18,21). The van der Waals surface area contributed by atoms with Crippen LogP contribution in [0.5, 0.6) is 0 Å². The molecule has 23 heavy (non-hydrogen) atoms. The molecule has 1 aromatic carbocycles. The number of ether oxygens (including phenoxy) is 1. The van der Waals surface area contributed by atoms with E-state index >= 15 is 0 Å². The van der Waals surface area contributed by atoms with E-state index in [0.717, 1.165) is 23.9 Å². The third-order valence-corrected chi connectivity index (χ3v) is 4.04. The highest BCUT2D eigenvalue weighted by Crippen LogP contribution is 2.25. The molecule has 124 valence electrons. The Bertz CT molecular complexity index is 769. The number of carbonyl (C=O) groups is 1. The SMILES string of the molecule is CC(C)(C)OC(=O)N1CCCC(n2c(=O)[nH]c3ccccc32)C1. The number of carbonyl (C=O) groups excluding carboxylic acids is 1. The monoisotopic (exact) mass is 317 g/mol. The fourth-order valence-electron chi connectivity index (χ4n) is 3.09. The third-order valence-electron chi connectivity index (χ3n) is 4.04. The minimum absolute atomic E-state index is 0.0279. The first-order valence-corrected chi connectivity index (χ1v) is 8.02. The zero-order chi connectivity index (χ0) is 16.6. The fourth-order valence-corrected chi connectivity index (χ4v) is 3.09. The zero-order valence-electron chi connectivity index (χ0n) is 13.8. The van der Waals surface area contributed by atoms with Crippen molar-refractivity contribution in [3.63, 3.8) is 0 Å². The molecule has 1 aliphatic rings. The number of para-hydroxylation sites is 2. The van der Waals surface area contributed by atoms with E-state index in [1.165, 1.54) is 0 Å². The lowest BCUT2D eigenvalue weighted by Crippen LogP contribution is -2.44. The Kier molecular flexibility index (Phi) is 3.92. The van der Waals surface area contributed by atoms with Gasteiger partial charge in [-0.2, -0.15) is 0 Å². The van der Waals surface area contributed by atoms with Gasteiger partial charge in [-0.3, -0.25) is 4.57 Å². The number of imidazole rings is 1. The molecule has 6 heteroatoms. The maximum atomic E-state index is 12.3. The average molecular weight is 317 g/mol. The second kappa shape index (κ2) is 5.76. The van der Waals surface area contributed by atoms with Crippen molar-refractivity contribution in [3.05, 3.63) is 34.7 Å². The van der Waals surface area contributed by atoms with E-state index in [4.69, 9.17) is 4.74 Å². The number of aromatic nitrogens is 2. The van der Waals surface area contributed by atoms with Crippen molar-refractivity contribution in [3.8, 4) is 0 Å². The molecule has 0 bridgehead atoms. The van der Waals surface area contributed by atoms with Gasteiger partial charge in [0.1, 0.15) is 5.60 Å². The number of hydrogen-bond donors (Lipinski definition) is 1. The first kappa shape index (κ1) is 15.6. The summed E-state index contributed by atoms with van der Waals surface area (Å²) >= 11 is 0. The Morgan fingerprint density at radius 1 is 1.30 bits per heavy atom. The van der Waals surface area contributed by atoms with Crippen LogP contribution in [0.3, 0.4) is 0 Å². The number of amides is 1. The maximum Gasteiger partial charge on any atom is 0.410 e. The number of rotatable bonds is 1. The lowest BCUT2D eigenvalue weighted by molar-refractivity contribution is 0.0173. The molecule has 1 saturated heterocycles. The van der Waals surface area contributed by atoms with E-state index in [0.29, 0.717) is 13.1 Å². The molecule has 1 fully saturated rings. The van der Waals surface area contributed by atoms with Crippen LogP contribution in [-0.2, 0) is 4.74 Å². The first-order chi connectivity index (χ1) is 10.8. The fraction of sp³-hybridized carbons (Fsp3) is 0.529. The smallest absolute Gasteiger partial charge is 0.410 e. The first-order valence-electron chi connectivity index (χ1n) is 8.02. The van der Waals surface area contributed by atoms with Crippen molar-refractivity contribution in [2.24, 2.45) is 0 Å². The van der Waals surface area contributed by atoms with Gasteiger partial charge in [0.05, 0.1) is 17.1 Å².